The van der Waals surface area contributed by atoms with E-state index in [2.05, 4.69) is 35.4 Å². The number of unbranched alkanes of at least 4 members (excludes halogenated alkanes) is 23. The molecule has 11 nitrogen and oxygen atoms in total. The van der Waals surface area contributed by atoms with Crippen molar-refractivity contribution in [3.05, 3.63) is 0 Å². The summed E-state index contributed by atoms with van der Waals surface area (Å²) in [5.41, 5.74) is 0. The third-order valence-corrected chi connectivity index (χ3v) is 11.5. The van der Waals surface area contributed by atoms with Gasteiger partial charge in [0, 0.05) is 33.5 Å². The minimum absolute atomic E-state index is 0.0150. The van der Waals surface area contributed by atoms with Gasteiger partial charge in [-0.1, -0.05) is 156 Å². The van der Waals surface area contributed by atoms with E-state index in [-0.39, 0.29) is 24.0 Å². The molecule has 59 heavy (non-hydrogen) atoms. The molecular formula is C47H95N5O6S. The summed E-state index contributed by atoms with van der Waals surface area (Å²) >= 11 is 0. The monoisotopic (exact) mass is 858 g/mol. The Morgan fingerprint density at radius 1 is 0.559 bits per heavy atom. The molecule has 1 unspecified atom stereocenters. The van der Waals surface area contributed by atoms with Crippen LogP contribution >= 0.6 is 0 Å². The van der Waals surface area contributed by atoms with Gasteiger partial charge in [0.05, 0.1) is 6.61 Å². The maximum absolute atomic E-state index is 12.8. The van der Waals surface area contributed by atoms with Gasteiger partial charge in [-0.3, -0.25) is 14.6 Å². The lowest BCUT2D eigenvalue weighted by Gasteiger charge is -2.22. The van der Waals surface area contributed by atoms with E-state index < -0.39 is 10.2 Å². The lowest BCUT2D eigenvalue weighted by molar-refractivity contribution is -0.150. The smallest absolute Gasteiger partial charge is 0.306 e. The van der Waals surface area contributed by atoms with E-state index in [4.69, 9.17) is 14.6 Å². The number of nitrogens with zero attached hydrogens (tertiary/aromatic N) is 3. The topological polar surface area (TPSA) is 144 Å². The fraction of sp³-hybridized carbons (Fsp3) is 0.936. The van der Waals surface area contributed by atoms with E-state index in [0.717, 1.165) is 129 Å². The number of nitrogens with two attached hydrogens (primary N) is 1. The minimum atomic E-state index is -3.89. The van der Waals surface area contributed by atoms with Gasteiger partial charge in [-0.15, -0.1) is 0 Å². The Labute approximate surface area is 364 Å². The molecule has 3 N–H and O–H groups in total. The van der Waals surface area contributed by atoms with Crippen LogP contribution in [-0.4, -0.2) is 89.1 Å². The fourth-order valence-electron chi connectivity index (χ4n) is 7.43. The summed E-state index contributed by atoms with van der Waals surface area (Å²) in [6.45, 7) is 10.7. The van der Waals surface area contributed by atoms with Gasteiger partial charge in [-0.05, 0) is 83.8 Å². The van der Waals surface area contributed by atoms with E-state index >= 15 is 0 Å². The van der Waals surface area contributed by atoms with Crippen molar-refractivity contribution >= 4 is 28.1 Å². The first-order chi connectivity index (χ1) is 28.5. The lowest BCUT2D eigenvalue weighted by atomic mass is 10.0. The number of guanidine groups is 1. The van der Waals surface area contributed by atoms with Crippen molar-refractivity contribution in [2.45, 2.75) is 239 Å². The molecule has 0 spiro atoms. The first kappa shape index (κ1) is 57.1. The quantitative estimate of drug-likeness (QED) is 0.0267. The van der Waals surface area contributed by atoms with Crippen LogP contribution in [0.15, 0.2) is 4.99 Å². The van der Waals surface area contributed by atoms with E-state index in [0.29, 0.717) is 26.0 Å². The molecule has 0 radical (unpaired) electrons. The molecule has 0 aromatic rings. The highest BCUT2D eigenvalue weighted by Crippen LogP contribution is 2.18. The van der Waals surface area contributed by atoms with Gasteiger partial charge in [-0.2, -0.15) is 8.42 Å². The first-order valence-electron chi connectivity index (χ1n) is 24.6. The number of carbonyl (C=O) groups is 2. The van der Waals surface area contributed by atoms with Crippen molar-refractivity contribution < 1.29 is 27.5 Å². The van der Waals surface area contributed by atoms with Gasteiger partial charge in [-0.25, -0.2) is 9.86 Å². The fourth-order valence-corrected chi connectivity index (χ4v) is 7.93. The number of aliphatic imine (C=N–C) groups is 1. The molecule has 0 aliphatic carbocycles. The molecule has 350 valence electrons. The summed E-state index contributed by atoms with van der Waals surface area (Å²) in [5.74, 6) is 0.163. The van der Waals surface area contributed by atoms with E-state index in [1.165, 1.54) is 89.9 Å². The zero-order valence-electron chi connectivity index (χ0n) is 39.2. The summed E-state index contributed by atoms with van der Waals surface area (Å²) in [5, 5.41) is 5.18. The molecule has 0 aromatic carbocycles. The number of esters is 2. The van der Waals surface area contributed by atoms with Gasteiger partial charge in [0.25, 0.3) is 10.2 Å². The molecular weight excluding hydrogens is 763 g/mol. The van der Waals surface area contributed by atoms with Crippen LogP contribution in [0.4, 0.5) is 0 Å². The molecule has 0 amide bonds. The molecule has 0 saturated heterocycles. The molecule has 0 rings (SSSR count). The summed E-state index contributed by atoms with van der Waals surface area (Å²) < 4.78 is 36.9. The third-order valence-electron chi connectivity index (χ3n) is 11.1. The largest absolute Gasteiger partial charge is 0.466 e. The number of nitrogens with one attached hydrogen (secondary N) is 1. The highest BCUT2D eigenvalue weighted by Gasteiger charge is 2.15. The second kappa shape index (κ2) is 41.4. The normalized spacial score (nSPS) is 12.6. The predicted molar refractivity (Wildman–Crippen MR) is 249 cm³/mol. The second-order valence-electron chi connectivity index (χ2n) is 17.2. The molecule has 0 saturated carbocycles. The predicted octanol–water partition coefficient (Wildman–Crippen LogP) is 11.4. The average molecular weight is 858 g/mol. The molecule has 0 aliphatic heterocycles. The number of hydrogen-bond acceptors (Lipinski definition) is 8. The second-order valence-corrected chi connectivity index (χ2v) is 18.5. The van der Waals surface area contributed by atoms with Crippen LogP contribution in [-0.2, 0) is 29.3 Å². The van der Waals surface area contributed by atoms with E-state index in [1.807, 2.05) is 0 Å². The van der Waals surface area contributed by atoms with Crippen molar-refractivity contribution in [3.8, 4) is 0 Å². The summed E-state index contributed by atoms with van der Waals surface area (Å²) in [4.78, 5) is 33.5. The SMILES string of the molecule is CCCCCCCCCOC(=O)CCCCCCCN(CCCCCCCC(=O)OC(CCCCCCC)CCCCCCCC)CCCN=C(NS(N)(=O)=O)N(C)C. The summed E-state index contributed by atoms with van der Waals surface area (Å²) in [7, 11) is -0.423. The molecule has 0 heterocycles. The Hall–Kier alpha value is -1.92. The van der Waals surface area contributed by atoms with Gasteiger partial charge in [0.2, 0.25) is 5.96 Å². The average Bonchev–Trinajstić information content (AvgIpc) is 3.19. The Bertz CT molecular complexity index is 1110. The number of rotatable bonds is 43. The van der Waals surface area contributed by atoms with Gasteiger partial charge < -0.3 is 19.3 Å². The van der Waals surface area contributed by atoms with Crippen LogP contribution in [0, 0.1) is 0 Å². The van der Waals surface area contributed by atoms with Crippen LogP contribution in [0.3, 0.4) is 0 Å². The van der Waals surface area contributed by atoms with Gasteiger partial charge in [0.1, 0.15) is 6.10 Å². The van der Waals surface area contributed by atoms with Crippen molar-refractivity contribution in [1.29, 1.82) is 0 Å². The highest BCUT2D eigenvalue weighted by molar-refractivity contribution is 7.87. The Kier molecular flexibility index (Phi) is 40.1. The van der Waals surface area contributed by atoms with Gasteiger partial charge in [0.15, 0.2) is 0 Å². The minimum Gasteiger partial charge on any atom is -0.466 e. The van der Waals surface area contributed by atoms with Crippen LogP contribution in [0.1, 0.15) is 233 Å². The van der Waals surface area contributed by atoms with Crippen LogP contribution in [0.2, 0.25) is 0 Å². The first-order valence-corrected chi connectivity index (χ1v) is 26.2. The molecule has 0 fully saturated rings. The Morgan fingerprint density at radius 2 is 0.966 bits per heavy atom. The Balaban J connectivity index is 4.62. The van der Waals surface area contributed by atoms with Crippen molar-refractivity contribution in [3.63, 3.8) is 0 Å². The summed E-state index contributed by atoms with van der Waals surface area (Å²) in [6.07, 6.45) is 36.8. The number of carbonyl (C=O) groups excluding carboxylic acids is 2. The van der Waals surface area contributed by atoms with Crippen LogP contribution in [0.5, 0.6) is 0 Å². The number of ether oxygens (including phenoxy) is 2. The molecule has 1 atom stereocenters. The van der Waals surface area contributed by atoms with Crippen molar-refractivity contribution in [2.24, 2.45) is 10.1 Å². The van der Waals surface area contributed by atoms with Crippen LogP contribution in [0.25, 0.3) is 0 Å². The Morgan fingerprint density at radius 3 is 1.44 bits per heavy atom. The third kappa shape index (κ3) is 41.2. The highest BCUT2D eigenvalue weighted by atomic mass is 32.2. The molecule has 0 aliphatic rings. The lowest BCUT2D eigenvalue weighted by Crippen LogP contribution is -2.43. The molecule has 0 aromatic heterocycles. The maximum atomic E-state index is 12.8. The maximum Gasteiger partial charge on any atom is 0.306 e. The zero-order valence-corrected chi connectivity index (χ0v) is 40.0. The van der Waals surface area contributed by atoms with Crippen molar-refractivity contribution in [1.82, 2.24) is 14.5 Å². The molecule has 0 bridgehead atoms. The van der Waals surface area contributed by atoms with E-state index in [1.54, 1.807) is 19.0 Å². The summed E-state index contributed by atoms with van der Waals surface area (Å²) in [6, 6.07) is 0. The van der Waals surface area contributed by atoms with Gasteiger partial charge >= 0.3 is 11.9 Å². The number of hydrogen-bond donors (Lipinski definition) is 2. The van der Waals surface area contributed by atoms with Crippen LogP contribution < -0.4 is 9.86 Å². The molecule has 12 heteroatoms. The van der Waals surface area contributed by atoms with Crippen molar-refractivity contribution in [2.75, 3.05) is 46.9 Å². The zero-order chi connectivity index (χ0) is 43.7. The standard InChI is InChI=1S/C47H95N5O6S/c1-6-9-12-15-17-26-33-43-57-45(53)37-29-22-18-24-31-40-52(42-34-39-49-47(51(4)5)50-59(48,55)56)41-32-25-19-23-30-38-46(54)58-44(35-27-20-14-11-8-3)36-28-21-16-13-10-7-2/h44H,6-43H2,1-5H3,(H,49,50)(H2,48,55,56). The van der Waals surface area contributed by atoms with E-state index in [9.17, 15) is 18.0 Å².